The highest BCUT2D eigenvalue weighted by atomic mass is 32.2. The van der Waals surface area contributed by atoms with E-state index in [1.165, 1.54) is 21.6 Å². The number of para-hydroxylation sites is 1. The summed E-state index contributed by atoms with van der Waals surface area (Å²) >= 11 is 1.85. The second kappa shape index (κ2) is 8.65. The lowest BCUT2D eigenvalue weighted by Crippen LogP contribution is -2.34. The normalized spacial score (nSPS) is 13.3. The van der Waals surface area contributed by atoms with E-state index in [1.54, 1.807) is 0 Å². The highest BCUT2D eigenvalue weighted by Gasteiger charge is 2.21. The minimum atomic E-state index is -0.601. The summed E-state index contributed by atoms with van der Waals surface area (Å²) < 4.78 is 0. The maximum atomic E-state index is 2.37. The fraction of sp³-hybridized carbons (Fsp3) is 0.130. The van der Waals surface area contributed by atoms with Gasteiger partial charge in [-0.25, -0.2) is 0 Å². The molecule has 3 aromatic carbocycles. The van der Waals surface area contributed by atoms with Crippen molar-refractivity contribution in [1.82, 2.24) is 4.90 Å². The lowest BCUT2D eigenvalue weighted by molar-refractivity contribution is 0.449. The maximum Gasteiger partial charge on any atom is 0.0903 e. The van der Waals surface area contributed by atoms with Crippen LogP contribution in [0.25, 0.3) is 0 Å². The topological polar surface area (TPSA) is 6.48 Å². The summed E-state index contributed by atoms with van der Waals surface area (Å²) in [5, 5.41) is 6.34. The molecule has 4 heteroatoms. The Morgan fingerprint density at radius 1 is 0.852 bits per heavy atom. The van der Waals surface area contributed by atoms with Crippen LogP contribution in [0.15, 0.2) is 96.5 Å². The lowest BCUT2D eigenvalue weighted by atomic mass is 10.3. The summed E-state index contributed by atoms with van der Waals surface area (Å²) in [6.45, 7) is 0.896. The molecule has 1 heterocycles. The van der Waals surface area contributed by atoms with Gasteiger partial charge in [0.1, 0.15) is 0 Å². The van der Waals surface area contributed by atoms with Crippen molar-refractivity contribution in [3.8, 4) is 0 Å². The van der Waals surface area contributed by atoms with E-state index in [2.05, 4.69) is 113 Å². The Labute approximate surface area is 167 Å². The molecular weight excluding hydrogens is 367 g/mol. The summed E-state index contributed by atoms with van der Waals surface area (Å²) in [5.74, 6) is 1.03. The van der Waals surface area contributed by atoms with E-state index in [4.69, 9.17) is 0 Å². The van der Waals surface area contributed by atoms with Gasteiger partial charge in [-0.1, -0.05) is 78.9 Å². The van der Waals surface area contributed by atoms with Crippen LogP contribution in [0.5, 0.6) is 0 Å². The fourth-order valence-corrected chi connectivity index (χ4v) is 6.51. The van der Waals surface area contributed by atoms with Crippen LogP contribution in [0.2, 0.25) is 0 Å². The molecule has 0 amide bonds. The number of hydrogen-bond donors (Lipinski definition) is 0. The molecule has 0 aliphatic carbocycles. The molecule has 0 spiro atoms. The second-order valence-corrected chi connectivity index (χ2v) is 9.55. The average molecular weight is 390 g/mol. The van der Waals surface area contributed by atoms with Gasteiger partial charge in [0, 0.05) is 24.2 Å². The molecule has 0 unspecified atom stereocenters. The third kappa shape index (κ3) is 4.21. The smallest absolute Gasteiger partial charge is 0.0903 e. The van der Waals surface area contributed by atoms with E-state index < -0.39 is 7.92 Å². The van der Waals surface area contributed by atoms with Crippen LogP contribution in [0.3, 0.4) is 0 Å². The van der Waals surface area contributed by atoms with Gasteiger partial charge in [-0.2, -0.15) is 0 Å². The maximum absolute atomic E-state index is 2.37. The van der Waals surface area contributed by atoms with Gasteiger partial charge in [-0.3, -0.25) is 0 Å². The Morgan fingerprint density at radius 3 is 2.04 bits per heavy atom. The standard InChI is InChI=1S/C23H23N2PS/c1-24(18-25-16-17-27-19-25)22-14-8-9-15-23(22)26(20-10-4-2-5-11-20)21-12-6-3-7-13-21/h2-17H,18-19H2,1H3. The molecule has 0 aromatic heterocycles. The predicted molar refractivity (Wildman–Crippen MR) is 122 cm³/mol. The van der Waals surface area contributed by atoms with Crippen LogP contribution in [0.4, 0.5) is 5.69 Å². The van der Waals surface area contributed by atoms with Crippen LogP contribution in [-0.4, -0.2) is 24.5 Å². The molecule has 0 fully saturated rings. The van der Waals surface area contributed by atoms with E-state index in [9.17, 15) is 0 Å². The first-order chi connectivity index (χ1) is 13.3. The third-order valence-corrected chi connectivity index (χ3v) is 7.85. The molecule has 1 aliphatic rings. The average Bonchev–Trinajstić information content (AvgIpc) is 3.23. The van der Waals surface area contributed by atoms with Crippen LogP contribution >= 0.6 is 19.7 Å². The molecule has 0 atom stereocenters. The molecular formula is C23H23N2PS. The Kier molecular flexibility index (Phi) is 5.81. The molecule has 4 rings (SSSR count). The van der Waals surface area contributed by atoms with Gasteiger partial charge in [0.2, 0.25) is 0 Å². The van der Waals surface area contributed by atoms with E-state index in [1.807, 2.05) is 11.8 Å². The van der Waals surface area contributed by atoms with Crippen LogP contribution in [-0.2, 0) is 0 Å². The molecule has 0 saturated carbocycles. The minimum Gasteiger partial charge on any atom is -0.356 e. The van der Waals surface area contributed by atoms with Crippen molar-refractivity contribution in [3.05, 3.63) is 96.5 Å². The van der Waals surface area contributed by atoms with E-state index in [0.29, 0.717) is 0 Å². The van der Waals surface area contributed by atoms with Gasteiger partial charge >= 0.3 is 0 Å². The largest absolute Gasteiger partial charge is 0.356 e. The molecule has 3 aromatic rings. The zero-order chi connectivity index (χ0) is 18.5. The summed E-state index contributed by atoms with van der Waals surface area (Å²) in [6, 6.07) is 30.7. The van der Waals surface area contributed by atoms with Crippen molar-refractivity contribution in [1.29, 1.82) is 0 Å². The minimum absolute atomic E-state index is 0.601. The molecule has 0 N–H and O–H groups in total. The Morgan fingerprint density at radius 2 is 1.44 bits per heavy atom. The fourth-order valence-electron chi connectivity index (χ4n) is 3.30. The molecule has 0 radical (unpaired) electrons. The summed E-state index contributed by atoms with van der Waals surface area (Å²) in [5.41, 5.74) is 1.31. The Balaban J connectivity index is 1.75. The first kappa shape index (κ1) is 18.2. The number of thioether (sulfide) groups is 1. The SMILES string of the molecule is CN(CN1C=CSC1)c1ccccc1P(c1ccccc1)c1ccccc1. The molecule has 136 valence electrons. The number of nitrogens with zero attached hydrogens (tertiary/aromatic N) is 2. The number of rotatable bonds is 6. The van der Waals surface area contributed by atoms with Crippen LogP contribution in [0.1, 0.15) is 0 Å². The van der Waals surface area contributed by atoms with Crippen LogP contribution < -0.4 is 20.8 Å². The van der Waals surface area contributed by atoms with Gasteiger partial charge in [-0.15, -0.1) is 11.8 Å². The van der Waals surface area contributed by atoms with E-state index in [0.717, 1.165) is 12.5 Å². The van der Waals surface area contributed by atoms with Crippen molar-refractivity contribution < 1.29 is 0 Å². The quantitative estimate of drug-likeness (QED) is 0.579. The molecule has 2 nitrogen and oxygen atoms in total. The molecule has 0 bridgehead atoms. The highest BCUT2D eigenvalue weighted by Crippen LogP contribution is 2.36. The first-order valence-electron chi connectivity index (χ1n) is 9.05. The Bertz CT molecular complexity index is 859. The summed E-state index contributed by atoms with van der Waals surface area (Å²) in [4.78, 5) is 4.71. The van der Waals surface area contributed by atoms with Crippen molar-refractivity contribution in [3.63, 3.8) is 0 Å². The lowest BCUT2D eigenvalue weighted by Gasteiger charge is -2.30. The monoisotopic (exact) mass is 390 g/mol. The van der Waals surface area contributed by atoms with Crippen LogP contribution in [0, 0.1) is 0 Å². The van der Waals surface area contributed by atoms with Crippen molar-refractivity contribution in [2.24, 2.45) is 0 Å². The van der Waals surface area contributed by atoms with Gasteiger partial charge < -0.3 is 9.80 Å². The van der Waals surface area contributed by atoms with Gasteiger partial charge in [0.05, 0.1) is 12.5 Å². The number of benzene rings is 3. The van der Waals surface area contributed by atoms with Crippen molar-refractivity contribution in [2.75, 3.05) is 24.5 Å². The number of hydrogen-bond acceptors (Lipinski definition) is 3. The number of anilines is 1. The Hall–Kier alpha value is -2.22. The second-order valence-electron chi connectivity index (χ2n) is 6.50. The van der Waals surface area contributed by atoms with E-state index in [-0.39, 0.29) is 0 Å². The highest BCUT2D eigenvalue weighted by molar-refractivity contribution is 8.02. The van der Waals surface area contributed by atoms with E-state index >= 15 is 0 Å². The van der Waals surface area contributed by atoms with Gasteiger partial charge in [0.15, 0.2) is 0 Å². The molecule has 1 aliphatic heterocycles. The van der Waals surface area contributed by atoms with Crippen molar-refractivity contribution >= 4 is 41.3 Å². The van der Waals surface area contributed by atoms with Gasteiger partial charge in [-0.05, 0) is 30.0 Å². The predicted octanol–water partition coefficient (Wildman–Crippen LogP) is 4.32. The summed E-state index contributed by atoms with van der Waals surface area (Å²) in [7, 11) is 1.59. The van der Waals surface area contributed by atoms with Gasteiger partial charge in [0.25, 0.3) is 0 Å². The first-order valence-corrected chi connectivity index (χ1v) is 11.4. The molecule has 27 heavy (non-hydrogen) atoms. The third-order valence-electron chi connectivity index (χ3n) is 4.56. The zero-order valence-corrected chi connectivity index (χ0v) is 17.1. The van der Waals surface area contributed by atoms with Crippen molar-refractivity contribution in [2.45, 2.75) is 0 Å². The summed E-state index contributed by atoms with van der Waals surface area (Å²) in [6.07, 6.45) is 2.18. The molecule has 0 saturated heterocycles. The zero-order valence-electron chi connectivity index (χ0n) is 15.4.